The first-order valence-electron chi connectivity index (χ1n) is 12.0. The molecule has 1 aromatic carbocycles. The molecule has 13 heteroatoms. The second-order valence-electron chi connectivity index (χ2n) is 8.84. The number of nitrogens with zero attached hydrogens (tertiary/aromatic N) is 3. The molecule has 3 aromatic rings. The third kappa shape index (κ3) is 7.14. The molecule has 9 nitrogen and oxygen atoms in total. The highest BCUT2D eigenvalue weighted by Crippen LogP contribution is 2.42. The van der Waals surface area contributed by atoms with Crippen LogP contribution in [0.25, 0.3) is 21.8 Å². The van der Waals surface area contributed by atoms with E-state index in [4.69, 9.17) is 4.98 Å². The van der Waals surface area contributed by atoms with Gasteiger partial charge in [0.15, 0.2) is 5.82 Å². The smallest absolute Gasteiger partial charge is 0.232 e. The summed E-state index contributed by atoms with van der Waals surface area (Å²) >= 11 is 1.47. The van der Waals surface area contributed by atoms with Crippen molar-refractivity contribution in [2.24, 2.45) is 0 Å². The Morgan fingerprint density at radius 2 is 2.00 bits per heavy atom. The summed E-state index contributed by atoms with van der Waals surface area (Å²) in [6, 6.07) is 6.13. The lowest BCUT2D eigenvalue weighted by Gasteiger charge is -2.20. The lowest BCUT2D eigenvalue weighted by atomic mass is 9.99. The van der Waals surface area contributed by atoms with Gasteiger partial charge in [0, 0.05) is 23.7 Å². The van der Waals surface area contributed by atoms with Gasteiger partial charge in [0.05, 0.1) is 39.3 Å². The topological polar surface area (TPSA) is 129 Å². The van der Waals surface area contributed by atoms with Crippen LogP contribution in [-0.2, 0) is 10.0 Å². The van der Waals surface area contributed by atoms with E-state index in [2.05, 4.69) is 25.3 Å². The second-order valence-corrected chi connectivity index (χ2v) is 11.7. The first kappa shape index (κ1) is 29.2. The van der Waals surface area contributed by atoms with Gasteiger partial charge in [-0.1, -0.05) is 13.0 Å². The zero-order chi connectivity index (χ0) is 25.7. The Labute approximate surface area is 226 Å². The van der Waals surface area contributed by atoms with Gasteiger partial charge in [-0.05, 0) is 57.5 Å². The molecule has 1 atom stereocenters. The minimum atomic E-state index is -3.66. The van der Waals surface area contributed by atoms with Crippen molar-refractivity contribution in [1.82, 2.24) is 20.3 Å². The molecule has 0 bridgehead atoms. The van der Waals surface area contributed by atoms with Crippen LogP contribution in [0.15, 0.2) is 30.5 Å². The van der Waals surface area contributed by atoms with E-state index < -0.39 is 15.8 Å². The van der Waals surface area contributed by atoms with E-state index in [9.17, 15) is 13.5 Å². The molecule has 0 amide bonds. The number of hydrogen-bond donors (Lipinski definition) is 4. The zero-order valence-electron chi connectivity index (χ0n) is 20.7. The predicted molar refractivity (Wildman–Crippen MR) is 148 cm³/mol. The van der Waals surface area contributed by atoms with E-state index >= 15 is 4.39 Å². The average molecular weight is 571 g/mol. The largest absolute Gasteiger partial charge is 0.394 e. The number of benzene rings is 1. The summed E-state index contributed by atoms with van der Waals surface area (Å²) in [5.74, 6) is -0.186. The monoisotopic (exact) mass is 570 g/mol. The lowest BCUT2D eigenvalue weighted by molar-refractivity contribution is 0.281. The van der Waals surface area contributed by atoms with Crippen LogP contribution >= 0.6 is 23.7 Å². The minimum absolute atomic E-state index is 0. The van der Waals surface area contributed by atoms with Gasteiger partial charge in [-0.15, -0.1) is 23.7 Å². The Morgan fingerprint density at radius 1 is 1.24 bits per heavy atom. The number of piperidine rings is 1. The van der Waals surface area contributed by atoms with Crippen LogP contribution in [-0.4, -0.2) is 60.0 Å². The number of sulfonamides is 1. The van der Waals surface area contributed by atoms with Crippen LogP contribution in [0.5, 0.6) is 0 Å². The summed E-state index contributed by atoms with van der Waals surface area (Å²) in [6.07, 6.45) is 3.88. The van der Waals surface area contributed by atoms with Crippen LogP contribution < -0.4 is 15.4 Å². The van der Waals surface area contributed by atoms with Gasteiger partial charge in [-0.3, -0.25) is 4.72 Å². The molecule has 0 saturated carbocycles. The number of rotatable bonds is 10. The summed E-state index contributed by atoms with van der Waals surface area (Å²) in [4.78, 5) is 14.4. The first-order valence-corrected chi connectivity index (χ1v) is 14.5. The molecule has 37 heavy (non-hydrogen) atoms. The molecule has 0 unspecified atom stereocenters. The standard InChI is InChI=1S/C24H31FN6O3S2.ClH/c1-3-13-36(33,34)31-18-6-4-5-17(20(18)25)21-22(35-23(30-21)16-7-10-26-11-8-16)19-9-12-27-24(29-19)28-15(2)14-32;/h4-6,9,12,15-16,26,31-32H,3,7-8,10-11,13-14H2,1-2H3,(H,27,28,29);1H/t15-;/m1./s1. The average Bonchev–Trinajstić information content (AvgIpc) is 3.31. The third-order valence-electron chi connectivity index (χ3n) is 5.86. The van der Waals surface area contributed by atoms with Gasteiger partial charge in [0.25, 0.3) is 0 Å². The van der Waals surface area contributed by atoms with Gasteiger partial charge in [-0.25, -0.2) is 27.8 Å². The molecule has 0 radical (unpaired) electrons. The molecule has 0 spiro atoms. The Bertz CT molecular complexity index is 1300. The molecule has 1 aliphatic rings. The third-order valence-corrected chi connectivity index (χ3v) is 8.58. The van der Waals surface area contributed by atoms with E-state index in [1.807, 2.05) is 6.92 Å². The van der Waals surface area contributed by atoms with Crippen LogP contribution in [0.3, 0.4) is 0 Å². The fraction of sp³-hybridized carbons (Fsp3) is 0.458. The number of hydrogen-bond acceptors (Lipinski definition) is 9. The highest BCUT2D eigenvalue weighted by molar-refractivity contribution is 7.92. The second kappa shape index (κ2) is 12.9. The van der Waals surface area contributed by atoms with Gasteiger partial charge < -0.3 is 15.7 Å². The molecule has 4 rings (SSSR count). The maximum absolute atomic E-state index is 15.7. The van der Waals surface area contributed by atoms with E-state index in [1.54, 1.807) is 31.3 Å². The Kier molecular flexibility index (Phi) is 10.2. The van der Waals surface area contributed by atoms with E-state index in [1.165, 1.54) is 17.4 Å². The van der Waals surface area contributed by atoms with Crippen molar-refractivity contribution in [3.63, 3.8) is 0 Å². The summed E-state index contributed by atoms with van der Waals surface area (Å²) in [7, 11) is -3.66. The molecule has 202 valence electrons. The number of halogens is 2. The van der Waals surface area contributed by atoms with Crippen LogP contribution in [0.1, 0.15) is 44.0 Å². The van der Waals surface area contributed by atoms with Crippen molar-refractivity contribution in [2.75, 3.05) is 35.5 Å². The SMILES string of the molecule is CCCS(=O)(=O)Nc1cccc(-c2nc(C3CCNCC3)sc2-c2ccnc(N[C@H](C)CO)n2)c1F.Cl. The molecule has 1 saturated heterocycles. The van der Waals surface area contributed by atoms with Crippen LogP contribution in [0.2, 0.25) is 0 Å². The van der Waals surface area contributed by atoms with E-state index in [0.29, 0.717) is 28.6 Å². The van der Waals surface area contributed by atoms with Crippen molar-refractivity contribution in [3.8, 4) is 21.8 Å². The lowest BCUT2D eigenvalue weighted by Crippen LogP contribution is -2.26. The van der Waals surface area contributed by atoms with Crippen LogP contribution in [0, 0.1) is 5.82 Å². The Hall–Kier alpha value is -2.38. The Morgan fingerprint density at radius 3 is 2.70 bits per heavy atom. The van der Waals surface area contributed by atoms with Crippen molar-refractivity contribution in [1.29, 1.82) is 0 Å². The van der Waals surface area contributed by atoms with Gasteiger partial charge in [-0.2, -0.15) is 0 Å². The number of aliphatic hydroxyl groups excluding tert-OH is 1. The van der Waals surface area contributed by atoms with Crippen molar-refractivity contribution < 1.29 is 17.9 Å². The molecule has 1 aliphatic heterocycles. The number of nitrogens with one attached hydrogen (secondary N) is 3. The summed E-state index contributed by atoms with van der Waals surface area (Å²) in [6.45, 7) is 5.26. The highest BCUT2D eigenvalue weighted by atomic mass is 35.5. The summed E-state index contributed by atoms with van der Waals surface area (Å²) in [5.41, 5.74) is 1.09. The highest BCUT2D eigenvalue weighted by Gasteiger charge is 2.26. The zero-order valence-corrected chi connectivity index (χ0v) is 23.1. The normalized spacial score (nSPS) is 15.1. The Balaban J connectivity index is 0.00000380. The molecule has 3 heterocycles. The number of anilines is 2. The van der Waals surface area contributed by atoms with Crippen molar-refractivity contribution in [2.45, 2.75) is 45.1 Å². The predicted octanol–water partition coefficient (Wildman–Crippen LogP) is 4.24. The number of aliphatic hydroxyl groups is 1. The molecular weight excluding hydrogens is 539 g/mol. The van der Waals surface area contributed by atoms with E-state index in [0.717, 1.165) is 30.9 Å². The molecule has 4 N–H and O–H groups in total. The fourth-order valence-corrected chi connectivity index (χ4v) is 6.39. The van der Waals surface area contributed by atoms with Gasteiger partial charge in [0.2, 0.25) is 16.0 Å². The van der Waals surface area contributed by atoms with Gasteiger partial charge in [0.1, 0.15) is 0 Å². The van der Waals surface area contributed by atoms with Crippen molar-refractivity contribution >= 4 is 45.4 Å². The molecule has 1 fully saturated rings. The van der Waals surface area contributed by atoms with Crippen LogP contribution in [0.4, 0.5) is 16.0 Å². The quantitative estimate of drug-likeness (QED) is 0.285. The van der Waals surface area contributed by atoms with Crippen molar-refractivity contribution in [3.05, 3.63) is 41.3 Å². The maximum atomic E-state index is 15.7. The first-order chi connectivity index (χ1) is 17.3. The minimum Gasteiger partial charge on any atom is -0.394 e. The molecular formula is C24H32ClFN6O3S2. The fourth-order valence-electron chi connectivity index (χ4n) is 4.04. The van der Waals surface area contributed by atoms with E-state index in [-0.39, 0.29) is 48.0 Å². The molecule has 0 aliphatic carbocycles. The summed E-state index contributed by atoms with van der Waals surface area (Å²) in [5, 5.41) is 16.7. The summed E-state index contributed by atoms with van der Waals surface area (Å²) < 4.78 is 42.7. The maximum Gasteiger partial charge on any atom is 0.232 e. The van der Waals surface area contributed by atoms with Gasteiger partial charge >= 0.3 is 0 Å². The number of thiazole rings is 1. The molecule has 2 aromatic heterocycles. The number of aromatic nitrogens is 3.